The predicted octanol–water partition coefficient (Wildman–Crippen LogP) is 4.57. The number of fused-ring (bicyclic) bond motifs is 1. The van der Waals surface area contributed by atoms with E-state index in [1.165, 1.54) is 25.7 Å². The highest BCUT2D eigenvalue weighted by Crippen LogP contribution is 2.41. The Labute approximate surface area is 121 Å². The first kappa shape index (κ1) is 13.6. The maximum Gasteiger partial charge on any atom is 0.246 e. The second-order valence-electron chi connectivity index (χ2n) is 7.35. The molecule has 20 heavy (non-hydrogen) atoms. The van der Waals surface area contributed by atoms with Crippen LogP contribution in [0.5, 0.6) is 11.5 Å². The second-order valence-corrected chi connectivity index (χ2v) is 7.35. The Morgan fingerprint density at radius 3 is 2.35 bits per heavy atom. The van der Waals surface area contributed by atoms with Crippen LogP contribution in [0.2, 0.25) is 0 Å². The normalized spacial score (nSPS) is 23.6. The summed E-state index contributed by atoms with van der Waals surface area (Å²) in [6.07, 6.45) is 5.07. The van der Waals surface area contributed by atoms with Crippen LogP contribution in [0.3, 0.4) is 0 Å². The lowest BCUT2D eigenvalue weighted by molar-refractivity contribution is -0.0431. The highest BCUT2D eigenvalue weighted by atomic mass is 16.7. The molecule has 0 spiro atoms. The maximum atomic E-state index is 5.79. The van der Waals surface area contributed by atoms with Crippen LogP contribution >= 0.6 is 0 Å². The summed E-state index contributed by atoms with van der Waals surface area (Å²) in [7, 11) is 0. The van der Waals surface area contributed by atoms with E-state index in [-0.39, 0.29) is 0 Å². The lowest BCUT2D eigenvalue weighted by Gasteiger charge is -2.35. The molecule has 1 heterocycles. The molecule has 1 saturated carbocycles. The number of benzene rings is 1. The third-order valence-electron chi connectivity index (χ3n) is 4.37. The summed E-state index contributed by atoms with van der Waals surface area (Å²) in [6.45, 7) is 8.60. The van der Waals surface area contributed by atoms with Gasteiger partial charge in [-0.25, -0.2) is 0 Å². The maximum absolute atomic E-state index is 5.79. The average Bonchev–Trinajstić information content (AvgIpc) is 2.65. The van der Waals surface area contributed by atoms with E-state index in [1.807, 2.05) is 19.9 Å². The summed E-state index contributed by atoms with van der Waals surface area (Å²) < 4.78 is 11.5. The van der Waals surface area contributed by atoms with E-state index >= 15 is 0 Å². The molecule has 1 aliphatic heterocycles. The van der Waals surface area contributed by atoms with Gasteiger partial charge >= 0.3 is 0 Å². The average molecular weight is 275 g/mol. The van der Waals surface area contributed by atoms with E-state index in [9.17, 15) is 0 Å². The highest BCUT2D eigenvalue weighted by molar-refractivity contribution is 5.56. The van der Waals surface area contributed by atoms with Crippen molar-refractivity contribution in [2.75, 3.05) is 5.32 Å². The highest BCUT2D eigenvalue weighted by Gasteiger charge is 2.32. The summed E-state index contributed by atoms with van der Waals surface area (Å²) >= 11 is 0. The zero-order chi connectivity index (χ0) is 14.4. The molecule has 0 atom stereocenters. The van der Waals surface area contributed by atoms with E-state index in [0.717, 1.165) is 17.2 Å². The Hall–Kier alpha value is -1.38. The van der Waals surface area contributed by atoms with Crippen molar-refractivity contribution in [3.63, 3.8) is 0 Å². The van der Waals surface area contributed by atoms with Gasteiger partial charge in [0.05, 0.1) is 0 Å². The van der Waals surface area contributed by atoms with Gasteiger partial charge in [0.2, 0.25) is 5.79 Å². The predicted molar refractivity (Wildman–Crippen MR) is 81.4 cm³/mol. The van der Waals surface area contributed by atoms with Crippen LogP contribution in [0, 0.1) is 5.41 Å². The molecule has 3 rings (SSSR count). The zero-order valence-corrected chi connectivity index (χ0v) is 13.0. The van der Waals surface area contributed by atoms with Crippen LogP contribution in [-0.4, -0.2) is 11.8 Å². The number of hydrogen-bond donors (Lipinski definition) is 1. The molecule has 1 fully saturated rings. The summed E-state index contributed by atoms with van der Waals surface area (Å²) in [4.78, 5) is 0. The summed E-state index contributed by atoms with van der Waals surface area (Å²) in [5.74, 6) is 1.14. The van der Waals surface area contributed by atoms with Crippen LogP contribution < -0.4 is 14.8 Å². The van der Waals surface area contributed by atoms with Crippen molar-refractivity contribution < 1.29 is 9.47 Å². The molecule has 0 unspecified atom stereocenters. The van der Waals surface area contributed by atoms with Crippen LogP contribution in [0.1, 0.15) is 53.4 Å². The van der Waals surface area contributed by atoms with Gasteiger partial charge in [-0.05, 0) is 43.2 Å². The summed E-state index contributed by atoms with van der Waals surface area (Å²) in [6, 6.07) is 6.73. The molecule has 1 N–H and O–H groups in total. The summed E-state index contributed by atoms with van der Waals surface area (Å²) in [5.41, 5.74) is 1.65. The molecule has 0 bridgehead atoms. The van der Waals surface area contributed by atoms with Gasteiger partial charge in [0.1, 0.15) is 0 Å². The SMILES string of the molecule is CC1(C)CCC(Nc2ccc3c(c2)OC(C)(C)O3)CC1. The third kappa shape index (κ3) is 2.87. The lowest BCUT2D eigenvalue weighted by Crippen LogP contribution is -2.30. The molecule has 0 aromatic heterocycles. The number of hydrogen-bond acceptors (Lipinski definition) is 3. The van der Waals surface area contributed by atoms with Crippen LogP contribution in [0.15, 0.2) is 18.2 Å². The van der Waals surface area contributed by atoms with E-state index in [4.69, 9.17) is 9.47 Å². The summed E-state index contributed by atoms with van der Waals surface area (Å²) in [5, 5.41) is 3.64. The van der Waals surface area contributed by atoms with E-state index in [2.05, 4.69) is 31.3 Å². The molecule has 0 radical (unpaired) electrons. The molecular weight excluding hydrogens is 250 g/mol. The molecular formula is C17H25NO2. The van der Waals surface area contributed by atoms with Gasteiger partial charge in [0, 0.05) is 31.6 Å². The Balaban J connectivity index is 1.65. The van der Waals surface area contributed by atoms with Gasteiger partial charge in [-0.3, -0.25) is 0 Å². The molecule has 3 heteroatoms. The monoisotopic (exact) mass is 275 g/mol. The van der Waals surface area contributed by atoms with E-state index in [0.29, 0.717) is 11.5 Å². The van der Waals surface area contributed by atoms with Crippen molar-refractivity contribution in [1.82, 2.24) is 0 Å². The van der Waals surface area contributed by atoms with Gasteiger partial charge < -0.3 is 14.8 Å². The van der Waals surface area contributed by atoms with E-state index in [1.54, 1.807) is 0 Å². The minimum atomic E-state index is -0.546. The van der Waals surface area contributed by atoms with Crippen LogP contribution in [-0.2, 0) is 0 Å². The van der Waals surface area contributed by atoms with Gasteiger partial charge in [0.25, 0.3) is 0 Å². The molecule has 3 nitrogen and oxygen atoms in total. The van der Waals surface area contributed by atoms with Crippen molar-refractivity contribution in [2.45, 2.75) is 65.2 Å². The number of nitrogens with one attached hydrogen (secondary N) is 1. The minimum absolute atomic E-state index is 0.511. The smallest absolute Gasteiger partial charge is 0.246 e. The minimum Gasteiger partial charge on any atom is -0.449 e. The van der Waals surface area contributed by atoms with Crippen molar-refractivity contribution in [3.05, 3.63) is 18.2 Å². The Morgan fingerprint density at radius 1 is 1.00 bits per heavy atom. The fraction of sp³-hybridized carbons (Fsp3) is 0.647. The Morgan fingerprint density at radius 2 is 1.65 bits per heavy atom. The number of rotatable bonds is 2. The topological polar surface area (TPSA) is 30.5 Å². The lowest BCUT2D eigenvalue weighted by atomic mass is 9.75. The Bertz CT molecular complexity index is 498. The van der Waals surface area contributed by atoms with Crippen molar-refractivity contribution in [2.24, 2.45) is 5.41 Å². The Kier molecular flexibility index (Phi) is 3.11. The second kappa shape index (κ2) is 4.57. The van der Waals surface area contributed by atoms with Gasteiger partial charge in [-0.2, -0.15) is 0 Å². The number of ether oxygens (including phenoxy) is 2. The molecule has 110 valence electrons. The number of anilines is 1. The first-order valence-corrected chi connectivity index (χ1v) is 7.62. The zero-order valence-electron chi connectivity index (χ0n) is 13.0. The molecule has 1 aliphatic carbocycles. The molecule has 1 aromatic rings. The molecule has 0 saturated heterocycles. The van der Waals surface area contributed by atoms with Crippen molar-refractivity contribution in [3.8, 4) is 11.5 Å². The standard InChI is InChI=1S/C17H25NO2/c1-16(2)9-7-12(8-10-16)18-13-5-6-14-15(11-13)20-17(3,4)19-14/h5-6,11-12,18H,7-10H2,1-4H3. The largest absolute Gasteiger partial charge is 0.449 e. The van der Waals surface area contributed by atoms with E-state index < -0.39 is 5.79 Å². The molecule has 2 aliphatic rings. The molecule has 1 aromatic carbocycles. The third-order valence-corrected chi connectivity index (χ3v) is 4.37. The fourth-order valence-corrected chi connectivity index (χ4v) is 3.09. The first-order valence-electron chi connectivity index (χ1n) is 7.62. The van der Waals surface area contributed by atoms with Crippen molar-refractivity contribution >= 4 is 5.69 Å². The van der Waals surface area contributed by atoms with Gasteiger partial charge in [-0.15, -0.1) is 0 Å². The van der Waals surface area contributed by atoms with Crippen LogP contribution in [0.4, 0.5) is 5.69 Å². The van der Waals surface area contributed by atoms with Crippen LogP contribution in [0.25, 0.3) is 0 Å². The first-order chi connectivity index (χ1) is 9.33. The van der Waals surface area contributed by atoms with Gasteiger partial charge in [-0.1, -0.05) is 13.8 Å². The fourth-order valence-electron chi connectivity index (χ4n) is 3.09. The van der Waals surface area contributed by atoms with Gasteiger partial charge in [0.15, 0.2) is 11.5 Å². The quantitative estimate of drug-likeness (QED) is 0.857. The molecule has 0 amide bonds. The van der Waals surface area contributed by atoms with Crippen molar-refractivity contribution in [1.29, 1.82) is 0 Å².